The van der Waals surface area contributed by atoms with E-state index in [1.54, 1.807) is 10.4 Å². The standard InChI is InChI=1S/C15H23N5O4/c1-10(2)15(4-6-20(7-5-15)14(22)24-3)18-13-16-8-11(9-17-13)12(21)19-23/h8-10,23H,4-7H2,1-3H3,(H,19,21)(H,16,17,18). The quantitative estimate of drug-likeness (QED) is 0.559. The number of likely N-dealkylation sites (tertiary alicyclic amines) is 1. The lowest BCUT2D eigenvalue weighted by Gasteiger charge is -2.44. The Bertz CT molecular complexity index is 582. The molecule has 3 N–H and O–H groups in total. The summed E-state index contributed by atoms with van der Waals surface area (Å²) in [5, 5.41) is 12.0. The van der Waals surface area contributed by atoms with Gasteiger partial charge in [-0.05, 0) is 18.8 Å². The highest BCUT2D eigenvalue weighted by Crippen LogP contribution is 2.32. The number of anilines is 1. The molecule has 2 heterocycles. The highest BCUT2D eigenvalue weighted by molar-refractivity contribution is 5.92. The van der Waals surface area contributed by atoms with Crippen molar-refractivity contribution in [3.8, 4) is 0 Å². The van der Waals surface area contributed by atoms with Crippen LogP contribution in [-0.4, -0.2) is 57.8 Å². The Balaban J connectivity index is 2.09. The van der Waals surface area contributed by atoms with Crippen LogP contribution in [-0.2, 0) is 4.74 Å². The molecule has 132 valence electrons. The topological polar surface area (TPSA) is 117 Å². The molecule has 9 nitrogen and oxygen atoms in total. The van der Waals surface area contributed by atoms with Crippen LogP contribution in [0.3, 0.4) is 0 Å². The zero-order valence-electron chi connectivity index (χ0n) is 14.1. The molecule has 2 rings (SSSR count). The number of carbonyl (C=O) groups excluding carboxylic acids is 2. The predicted octanol–water partition coefficient (Wildman–Crippen LogP) is 1.26. The van der Waals surface area contributed by atoms with Gasteiger partial charge in [0.15, 0.2) is 0 Å². The average molecular weight is 337 g/mol. The summed E-state index contributed by atoms with van der Waals surface area (Å²) in [6.45, 7) is 5.38. The van der Waals surface area contributed by atoms with Crippen molar-refractivity contribution in [3.05, 3.63) is 18.0 Å². The van der Waals surface area contributed by atoms with Crippen molar-refractivity contribution >= 4 is 17.9 Å². The molecule has 0 bridgehead atoms. The number of ether oxygens (including phenoxy) is 1. The fraction of sp³-hybridized carbons (Fsp3) is 0.600. The number of hydrogen-bond acceptors (Lipinski definition) is 7. The van der Waals surface area contributed by atoms with E-state index in [9.17, 15) is 9.59 Å². The zero-order valence-corrected chi connectivity index (χ0v) is 14.1. The first-order valence-corrected chi connectivity index (χ1v) is 7.79. The Labute approximate surface area is 140 Å². The number of nitrogens with zero attached hydrogens (tertiary/aromatic N) is 3. The van der Waals surface area contributed by atoms with Crippen LogP contribution in [0.1, 0.15) is 37.0 Å². The Morgan fingerprint density at radius 3 is 2.33 bits per heavy atom. The molecule has 0 atom stereocenters. The van der Waals surface area contributed by atoms with Gasteiger partial charge in [0.05, 0.1) is 12.7 Å². The highest BCUT2D eigenvalue weighted by atomic mass is 16.5. The first kappa shape index (κ1) is 17.9. The van der Waals surface area contributed by atoms with E-state index < -0.39 is 5.91 Å². The molecule has 0 unspecified atom stereocenters. The number of hydrogen-bond donors (Lipinski definition) is 3. The van der Waals surface area contributed by atoms with Gasteiger partial charge in [0.1, 0.15) is 0 Å². The molecule has 1 aromatic rings. The van der Waals surface area contributed by atoms with Gasteiger partial charge in [-0.2, -0.15) is 0 Å². The molecule has 0 spiro atoms. The summed E-state index contributed by atoms with van der Waals surface area (Å²) in [6, 6.07) is 0. The summed E-state index contributed by atoms with van der Waals surface area (Å²) in [5.41, 5.74) is 1.46. The van der Waals surface area contributed by atoms with Crippen LogP contribution in [0.15, 0.2) is 12.4 Å². The Morgan fingerprint density at radius 2 is 1.88 bits per heavy atom. The number of aromatic nitrogens is 2. The Hall–Kier alpha value is -2.42. The Morgan fingerprint density at radius 1 is 1.29 bits per heavy atom. The van der Waals surface area contributed by atoms with Gasteiger partial charge in [-0.15, -0.1) is 0 Å². The van der Waals surface area contributed by atoms with E-state index in [0.29, 0.717) is 25.0 Å². The smallest absolute Gasteiger partial charge is 0.409 e. The predicted molar refractivity (Wildman–Crippen MR) is 85.7 cm³/mol. The van der Waals surface area contributed by atoms with Gasteiger partial charge in [0.25, 0.3) is 5.91 Å². The second-order valence-electron chi connectivity index (χ2n) is 6.13. The van der Waals surface area contributed by atoms with Crippen LogP contribution in [0.4, 0.5) is 10.7 Å². The van der Waals surface area contributed by atoms with Crippen molar-refractivity contribution in [2.75, 3.05) is 25.5 Å². The van der Waals surface area contributed by atoms with Gasteiger partial charge in [-0.3, -0.25) is 10.0 Å². The van der Waals surface area contributed by atoms with Crippen molar-refractivity contribution in [3.63, 3.8) is 0 Å². The van der Waals surface area contributed by atoms with Gasteiger partial charge < -0.3 is 15.0 Å². The average Bonchev–Trinajstić information content (AvgIpc) is 2.61. The number of methoxy groups -OCH3 is 1. The molecule has 24 heavy (non-hydrogen) atoms. The van der Waals surface area contributed by atoms with Crippen molar-refractivity contribution in [1.82, 2.24) is 20.3 Å². The maximum Gasteiger partial charge on any atom is 0.409 e. The van der Waals surface area contributed by atoms with Crippen LogP contribution in [0.2, 0.25) is 0 Å². The van der Waals surface area contributed by atoms with Crippen molar-refractivity contribution in [2.45, 2.75) is 32.2 Å². The zero-order chi connectivity index (χ0) is 17.7. The molecule has 1 aliphatic rings. The van der Waals surface area contributed by atoms with Gasteiger partial charge in [0, 0.05) is 31.0 Å². The molecule has 1 aromatic heterocycles. The molecular formula is C15H23N5O4. The van der Waals surface area contributed by atoms with Crippen LogP contribution in [0, 0.1) is 5.92 Å². The van der Waals surface area contributed by atoms with E-state index in [-0.39, 0.29) is 17.2 Å². The van der Waals surface area contributed by atoms with E-state index in [1.165, 1.54) is 19.5 Å². The van der Waals surface area contributed by atoms with Crippen molar-refractivity contribution in [2.24, 2.45) is 5.92 Å². The third-order valence-corrected chi connectivity index (χ3v) is 4.57. The fourth-order valence-electron chi connectivity index (χ4n) is 2.86. The number of carbonyl (C=O) groups is 2. The minimum Gasteiger partial charge on any atom is -0.453 e. The number of hydroxylamine groups is 1. The minimum absolute atomic E-state index is 0.169. The fourth-order valence-corrected chi connectivity index (χ4v) is 2.86. The van der Waals surface area contributed by atoms with E-state index in [2.05, 4.69) is 29.1 Å². The van der Waals surface area contributed by atoms with Crippen molar-refractivity contribution < 1.29 is 19.5 Å². The second kappa shape index (κ2) is 7.43. The maximum absolute atomic E-state index is 11.6. The SMILES string of the molecule is COC(=O)N1CCC(Nc2ncc(C(=O)NO)cn2)(C(C)C)CC1. The number of piperidine rings is 1. The molecule has 9 heteroatoms. The molecule has 0 saturated carbocycles. The Kier molecular flexibility index (Phi) is 5.55. The molecule has 0 aromatic carbocycles. The molecule has 1 aliphatic heterocycles. The molecular weight excluding hydrogens is 314 g/mol. The lowest BCUT2D eigenvalue weighted by atomic mass is 9.78. The van der Waals surface area contributed by atoms with Gasteiger partial charge >= 0.3 is 6.09 Å². The molecule has 0 radical (unpaired) electrons. The minimum atomic E-state index is -0.661. The number of amides is 2. The lowest BCUT2D eigenvalue weighted by Crippen LogP contribution is -2.54. The van der Waals surface area contributed by atoms with E-state index >= 15 is 0 Å². The van der Waals surface area contributed by atoms with Gasteiger partial charge in [-0.25, -0.2) is 20.2 Å². The van der Waals surface area contributed by atoms with Crippen LogP contribution >= 0.6 is 0 Å². The van der Waals surface area contributed by atoms with Gasteiger partial charge in [0.2, 0.25) is 5.95 Å². The largest absolute Gasteiger partial charge is 0.453 e. The number of nitrogens with one attached hydrogen (secondary N) is 2. The summed E-state index contributed by atoms with van der Waals surface area (Å²) in [6.07, 6.45) is 3.85. The van der Waals surface area contributed by atoms with Crippen molar-refractivity contribution in [1.29, 1.82) is 0 Å². The third kappa shape index (κ3) is 3.73. The van der Waals surface area contributed by atoms with Gasteiger partial charge in [-0.1, -0.05) is 13.8 Å². The lowest BCUT2D eigenvalue weighted by molar-refractivity contribution is 0.0705. The normalized spacial score (nSPS) is 16.6. The number of rotatable bonds is 4. The summed E-state index contributed by atoms with van der Waals surface area (Å²) >= 11 is 0. The van der Waals surface area contributed by atoms with Crippen LogP contribution in [0.5, 0.6) is 0 Å². The van der Waals surface area contributed by atoms with E-state index in [4.69, 9.17) is 9.94 Å². The van der Waals surface area contributed by atoms with Crippen LogP contribution < -0.4 is 10.8 Å². The molecule has 1 fully saturated rings. The van der Waals surface area contributed by atoms with E-state index in [0.717, 1.165) is 12.8 Å². The second-order valence-corrected chi connectivity index (χ2v) is 6.13. The van der Waals surface area contributed by atoms with E-state index in [1.807, 2.05) is 0 Å². The van der Waals surface area contributed by atoms with Crippen LogP contribution in [0.25, 0.3) is 0 Å². The molecule has 2 amide bonds. The maximum atomic E-state index is 11.6. The monoisotopic (exact) mass is 337 g/mol. The molecule has 0 aliphatic carbocycles. The molecule has 1 saturated heterocycles. The summed E-state index contributed by atoms with van der Waals surface area (Å²) in [5.74, 6) is 0.0394. The first-order valence-electron chi connectivity index (χ1n) is 7.79. The highest BCUT2D eigenvalue weighted by Gasteiger charge is 2.39. The summed E-state index contributed by atoms with van der Waals surface area (Å²) < 4.78 is 4.77. The summed E-state index contributed by atoms with van der Waals surface area (Å²) in [4.78, 5) is 32.9. The first-order chi connectivity index (χ1) is 11.4. The summed E-state index contributed by atoms with van der Waals surface area (Å²) in [7, 11) is 1.38. The third-order valence-electron chi connectivity index (χ3n) is 4.57.